The van der Waals surface area contributed by atoms with Crippen molar-refractivity contribution in [3.63, 3.8) is 0 Å². The van der Waals surface area contributed by atoms with Crippen molar-refractivity contribution in [2.24, 2.45) is 11.8 Å². The maximum atomic E-state index is 12.3. The predicted octanol–water partition coefficient (Wildman–Crippen LogP) is 1.49. The topological polar surface area (TPSA) is 69.6 Å². The van der Waals surface area contributed by atoms with Gasteiger partial charge in [0.15, 0.2) is 0 Å². The Kier molecular flexibility index (Phi) is 5.10. The lowest BCUT2D eigenvalue weighted by molar-refractivity contribution is -0.00217. The van der Waals surface area contributed by atoms with E-state index in [1.54, 1.807) is 0 Å². The smallest absolute Gasteiger partial charge is 0.279 e. The van der Waals surface area contributed by atoms with Crippen LogP contribution in [-0.2, 0) is 10.2 Å². The summed E-state index contributed by atoms with van der Waals surface area (Å²) in [6.45, 7) is 5.59. The minimum absolute atomic E-state index is 0.146. The Hall–Kier alpha value is -0.170. The molecule has 1 aliphatic heterocycles. The molecule has 0 aromatic heterocycles. The van der Waals surface area contributed by atoms with Crippen molar-refractivity contribution >= 4 is 10.2 Å². The minimum atomic E-state index is -3.44. The first-order chi connectivity index (χ1) is 9.31. The fourth-order valence-electron chi connectivity index (χ4n) is 3.16. The van der Waals surface area contributed by atoms with Gasteiger partial charge < -0.3 is 5.11 Å². The van der Waals surface area contributed by atoms with Crippen molar-refractivity contribution in [3.8, 4) is 0 Å². The van der Waals surface area contributed by atoms with Crippen LogP contribution in [0.15, 0.2) is 0 Å². The van der Waals surface area contributed by atoms with Crippen LogP contribution in [0.2, 0.25) is 0 Å². The molecule has 1 saturated heterocycles. The molecule has 2 rings (SSSR count). The van der Waals surface area contributed by atoms with Gasteiger partial charge in [-0.15, -0.1) is 0 Å². The van der Waals surface area contributed by atoms with Crippen molar-refractivity contribution in [1.82, 2.24) is 9.03 Å². The molecule has 1 unspecified atom stereocenters. The standard InChI is InChI=1S/C14H28N2O3S/c1-12-5-7-14(17,8-6-12)11-15-20(18,19)16-9-3-4-13(2)10-16/h12-13,15,17H,3-11H2,1-2H3. The van der Waals surface area contributed by atoms with Gasteiger partial charge >= 0.3 is 0 Å². The summed E-state index contributed by atoms with van der Waals surface area (Å²) in [7, 11) is -3.44. The summed E-state index contributed by atoms with van der Waals surface area (Å²) >= 11 is 0. The number of nitrogens with one attached hydrogen (secondary N) is 1. The largest absolute Gasteiger partial charge is 0.389 e. The second-order valence-electron chi connectivity index (χ2n) is 6.84. The molecule has 1 heterocycles. The minimum Gasteiger partial charge on any atom is -0.389 e. The lowest BCUT2D eigenvalue weighted by Crippen LogP contribution is -2.51. The van der Waals surface area contributed by atoms with Crippen LogP contribution in [0.1, 0.15) is 52.4 Å². The molecule has 2 fully saturated rings. The molecular weight excluding hydrogens is 276 g/mol. The number of hydrogen-bond donors (Lipinski definition) is 2. The molecule has 0 aromatic carbocycles. The molecule has 2 N–H and O–H groups in total. The van der Waals surface area contributed by atoms with Crippen molar-refractivity contribution in [1.29, 1.82) is 0 Å². The lowest BCUT2D eigenvalue weighted by Gasteiger charge is -2.36. The summed E-state index contributed by atoms with van der Waals surface area (Å²) in [5.74, 6) is 1.05. The zero-order valence-corrected chi connectivity index (χ0v) is 13.5. The molecule has 20 heavy (non-hydrogen) atoms. The summed E-state index contributed by atoms with van der Waals surface area (Å²) in [5.41, 5.74) is -0.860. The highest BCUT2D eigenvalue weighted by Gasteiger charge is 2.34. The first kappa shape index (κ1) is 16.2. The van der Waals surface area contributed by atoms with Crippen LogP contribution < -0.4 is 4.72 Å². The van der Waals surface area contributed by atoms with Crippen molar-refractivity contribution < 1.29 is 13.5 Å². The third kappa shape index (κ3) is 4.16. The number of aliphatic hydroxyl groups is 1. The Labute approximate surface area is 122 Å². The normalized spacial score (nSPS) is 37.0. The fourth-order valence-corrected chi connectivity index (χ4v) is 4.61. The van der Waals surface area contributed by atoms with Crippen molar-refractivity contribution in [3.05, 3.63) is 0 Å². The Balaban J connectivity index is 1.88. The van der Waals surface area contributed by atoms with E-state index in [1.807, 2.05) is 0 Å². The highest BCUT2D eigenvalue weighted by molar-refractivity contribution is 7.87. The Morgan fingerprint density at radius 2 is 1.85 bits per heavy atom. The fraction of sp³-hybridized carbons (Fsp3) is 1.00. The Morgan fingerprint density at radius 1 is 1.20 bits per heavy atom. The van der Waals surface area contributed by atoms with E-state index in [4.69, 9.17) is 0 Å². The summed E-state index contributed by atoms with van der Waals surface area (Å²) in [6.07, 6.45) is 5.33. The van der Waals surface area contributed by atoms with Crippen molar-refractivity contribution in [2.75, 3.05) is 19.6 Å². The van der Waals surface area contributed by atoms with Gasteiger partial charge in [-0.25, -0.2) is 0 Å². The van der Waals surface area contributed by atoms with Crippen LogP contribution in [0.25, 0.3) is 0 Å². The average molecular weight is 304 g/mol. The summed E-state index contributed by atoms with van der Waals surface area (Å²) in [5, 5.41) is 10.5. The van der Waals surface area contributed by atoms with Gasteiger partial charge in [-0.3, -0.25) is 0 Å². The first-order valence-corrected chi connectivity index (χ1v) is 9.22. The Bertz CT molecular complexity index is 416. The van der Waals surface area contributed by atoms with Gasteiger partial charge in [-0.1, -0.05) is 13.8 Å². The van der Waals surface area contributed by atoms with Crippen LogP contribution in [0, 0.1) is 11.8 Å². The van der Waals surface area contributed by atoms with Gasteiger partial charge in [-0.2, -0.15) is 17.4 Å². The quantitative estimate of drug-likeness (QED) is 0.827. The van der Waals surface area contributed by atoms with E-state index in [0.29, 0.717) is 37.8 Å². The van der Waals surface area contributed by atoms with Crippen LogP contribution in [-0.4, -0.2) is 43.1 Å². The molecule has 118 valence electrons. The molecule has 0 radical (unpaired) electrons. The summed E-state index contributed by atoms with van der Waals surface area (Å²) in [6, 6.07) is 0. The molecule has 1 aliphatic carbocycles. The van der Waals surface area contributed by atoms with E-state index in [0.717, 1.165) is 25.7 Å². The summed E-state index contributed by atoms with van der Waals surface area (Å²) in [4.78, 5) is 0. The maximum Gasteiger partial charge on any atom is 0.279 e. The molecule has 1 atom stereocenters. The Morgan fingerprint density at radius 3 is 2.45 bits per heavy atom. The van der Waals surface area contributed by atoms with E-state index in [9.17, 15) is 13.5 Å². The molecule has 2 aliphatic rings. The third-order valence-corrected chi connectivity index (χ3v) is 6.27. The SMILES string of the molecule is CC1CCC(O)(CNS(=O)(=O)N2CCCC(C)C2)CC1. The van der Waals surface area contributed by atoms with Gasteiger partial charge in [-0.05, 0) is 50.4 Å². The van der Waals surface area contributed by atoms with E-state index in [2.05, 4.69) is 18.6 Å². The second-order valence-corrected chi connectivity index (χ2v) is 8.59. The van der Waals surface area contributed by atoms with Crippen LogP contribution in [0.5, 0.6) is 0 Å². The monoisotopic (exact) mass is 304 g/mol. The van der Waals surface area contributed by atoms with Crippen LogP contribution in [0.4, 0.5) is 0 Å². The zero-order chi connectivity index (χ0) is 14.8. The van der Waals surface area contributed by atoms with Crippen LogP contribution >= 0.6 is 0 Å². The van der Waals surface area contributed by atoms with E-state index in [-0.39, 0.29) is 6.54 Å². The van der Waals surface area contributed by atoms with Gasteiger partial charge in [0.1, 0.15) is 0 Å². The molecule has 0 amide bonds. The average Bonchev–Trinajstić information content (AvgIpc) is 2.41. The molecule has 0 spiro atoms. The van der Waals surface area contributed by atoms with Gasteiger partial charge in [0, 0.05) is 19.6 Å². The lowest BCUT2D eigenvalue weighted by atomic mass is 9.80. The van der Waals surface area contributed by atoms with Crippen molar-refractivity contribution in [2.45, 2.75) is 58.0 Å². The highest BCUT2D eigenvalue weighted by Crippen LogP contribution is 2.31. The zero-order valence-electron chi connectivity index (χ0n) is 12.6. The van der Waals surface area contributed by atoms with Gasteiger partial charge in [0.25, 0.3) is 10.2 Å². The molecule has 0 aromatic rings. The predicted molar refractivity (Wildman–Crippen MR) is 79.5 cm³/mol. The molecular formula is C14H28N2O3S. The molecule has 5 nitrogen and oxygen atoms in total. The molecule has 0 bridgehead atoms. The second kappa shape index (κ2) is 6.30. The molecule has 6 heteroatoms. The van der Waals surface area contributed by atoms with E-state index < -0.39 is 15.8 Å². The van der Waals surface area contributed by atoms with Gasteiger partial charge in [0.2, 0.25) is 0 Å². The number of rotatable bonds is 4. The highest BCUT2D eigenvalue weighted by atomic mass is 32.2. The van der Waals surface area contributed by atoms with E-state index >= 15 is 0 Å². The van der Waals surface area contributed by atoms with Gasteiger partial charge in [0.05, 0.1) is 5.60 Å². The number of nitrogens with zero attached hydrogens (tertiary/aromatic N) is 1. The molecule has 1 saturated carbocycles. The maximum absolute atomic E-state index is 12.3. The number of hydrogen-bond acceptors (Lipinski definition) is 3. The number of piperidine rings is 1. The van der Waals surface area contributed by atoms with Crippen LogP contribution in [0.3, 0.4) is 0 Å². The summed E-state index contributed by atoms with van der Waals surface area (Å²) < 4.78 is 28.7. The first-order valence-electron chi connectivity index (χ1n) is 7.78. The van der Waals surface area contributed by atoms with E-state index in [1.165, 1.54) is 4.31 Å². The third-order valence-electron chi connectivity index (χ3n) is 4.75.